The summed E-state index contributed by atoms with van der Waals surface area (Å²) in [6.45, 7) is 0.390. The largest absolute Gasteiger partial charge is 0.492 e. The fourth-order valence-electron chi connectivity index (χ4n) is 1.85. The number of benzene rings is 2. The van der Waals surface area contributed by atoms with Gasteiger partial charge in [-0.2, -0.15) is 9.57 Å². The van der Waals surface area contributed by atoms with E-state index in [4.69, 9.17) is 21.6 Å². The van der Waals surface area contributed by atoms with E-state index in [9.17, 15) is 8.42 Å². The van der Waals surface area contributed by atoms with Gasteiger partial charge in [-0.25, -0.2) is 8.42 Å². The lowest BCUT2D eigenvalue weighted by Gasteiger charge is -2.17. The van der Waals surface area contributed by atoms with Crippen LogP contribution >= 0.6 is 11.6 Å². The quantitative estimate of drug-likeness (QED) is 0.803. The lowest BCUT2D eigenvalue weighted by atomic mass is 10.2. The van der Waals surface area contributed by atoms with E-state index in [1.54, 1.807) is 24.3 Å². The standard InChI is InChI=1S/C16H15ClN2O3S/c1-19(9-10-22-15-4-2-3-14(17)11-15)23(20,21)16-7-5-13(12-18)6-8-16/h2-8,11H,9-10H2,1H3. The molecule has 0 fully saturated rings. The Hall–Kier alpha value is -2.07. The van der Waals surface area contributed by atoms with Crippen LogP contribution in [0.5, 0.6) is 5.75 Å². The van der Waals surface area contributed by atoms with Gasteiger partial charge in [-0.15, -0.1) is 0 Å². The topological polar surface area (TPSA) is 70.4 Å². The molecule has 7 heteroatoms. The van der Waals surface area contributed by atoms with Gasteiger partial charge in [-0.1, -0.05) is 17.7 Å². The van der Waals surface area contributed by atoms with E-state index in [1.807, 2.05) is 6.07 Å². The van der Waals surface area contributed by atoms with Gasteiger partial charge in [0.05, 0.1) is 16.5 Å². The number of ether oxygens (including phenoxy) is 1. The lowest BCUT2D eigenvalue weighted by molar-refractivity contribution is 0.287. The average Bonchev–Trinajstić information content (AvgIpc) is 2.55. The van der Waals surface area contributed by atoms with Gasteiger partial charge in [0, 0.05) is 18.6 Å². The van der Waals surface area contributed by atoms with Crippen molar-refractivity contribution in [3.8, 4) is 11.8 Å². The van der Waals surface area contributed by atoms with E-state index in [1.165, 1.54) is 35.6 Å². The SMILES string of the molecule is CN(CCOc1cccc(Cl)c1)S(=O)(=O)c1ccc(C#N)cc1. The number of hydrogen-bond acceptors (Lipinski definition) is 4. The van der Waals surface area contributed by atoms with Gasteiger partial charge in [-0.3, -0.25) is 0 Å². The first-order chi connectivity index (χ1) is 10.9. The van der Waals surface area contributed by atoms with Crippen LogP contribution in [0.25, 0.3) is 0 Å². The molecule has 0 bridgehead atoms. The van der Waals surface area contributed by atoms with Crippen molar-refractivity contribution in [1.29, 1.82) is 5.26 Å². The molecule has 0 aliphatic carbocycles. The molecule has 0 radical (unpaired) electrons. The molecule has 0 atom stereocenters. The predicted octanol–water partition coefficient (Wildman–Crippen LogP) is 2.91. The molecule has 0 unspecified atom stereocenters. The van der Waals surface area contributed by atoms with Gasteiger partial charge < -0.3 is 4.74 Å². The van der Waals surface area contributed by atoms with Crippen LogP contribution in [0.15, 0.2) is 53.4 Å². The van der Waals surface area contributed by atoms with E-state index in [-0.39, 0.29) is 18.0 Å². The van der Waals surface area contributed by atoms with Crippen molar-refractivity contribution in [2.75, 3.05) is 20.2 Å². The third kappa shape index (κ3) is 4.45. The summed E-state index contributed by atoms with van der Waals surface area (Å²) < 4.78 is 31.5. The maximum Gasteiger partial charge on any atom is 0.242 e. The summed E-state index contributed by atoms with van der Waals surface area (Å²) in [5, 5.41) is 9.31. The number of halogens is 1. The Labute approximate surface area is 140 Å². The average molecular weight is 351 g/mol. The van der Waals surface area contributed by atoms with E-state index >= 15 is 0 Å². The number of hydrogen-bond donors (Lipinski definition) is 0. The highest BCUT2D eigenvalue weighted by atomic mass is 35.5. The van der Waals surface area contributed by atoms with Crippen LogP contribution < -0.4 is 4.74 Å². The molecule has 0 amide bonds. The second-order valence-electron chi connectivity index (χ2n) is 4.77. The molecule has 2 aromatic carbocycles. The van der Waals surface area contributed by atoms with Crippen molar-refractivity contribution in [2.24, 2.45) is 0 Å². The van der Waals surface area contributed by atoms with Crippen molar-refractivity contribution in [3.05, 3.63) is 59.1 Å². The molecule has 2 rings (SSSR count). The maximum atomic E-state index is 12.4. The Morgan fingerprint density at radius 1 is 1.22 bits per heavy atom. The van der Waals surface area contributed by atoms with Crippen molar-refractivity contribution < 1.29 is 13.2 Å². The second kappa shape index (κ2) is 7.47. The third-order valence-electron chi connectivity index (χ3n) is 3.16. The first kappa shape index (κ1) is 17.3. The molecule has 0 aliphatic heterocycles. The molecule has 0 aliphatic rings. The summed E-state index contributed by atoms with van der Waals surface area (Å²) in [4.78, 5) is 0.141. The molecular formula is C16H15ClN2O3S. The molecule has 0 aromatic heterocycles. The predicted molar refractivity (Wildman–Crippen MR) is 87.9 cm³/mol. The summed E-state index contributed by atoms with van der Waals surface area (Å²) >= 11 is 5.85. The molecule has 0 saturated carbocycles. The van der Waals surface area contributed by atoms with E-state index < -0.39 is 10.0 Å². The van der Waals surface area contributed by atoms with Gasteiger partial charge in [0.1, 0.15) is 12.4 Å². The van der Waals surface area contributed by atoms with Crippen molar-refractivity contribution in [3.63, 3.8) is 0 Å². The fourth-order valence-corrected chi connectivity index (χ4v) is 3.19. The second-order valence-corrected chi connectivity index (χ2v) is 7.25. The zero-order valence-electron chi connectivity index (χ0n) is 12.4. The molecule has 0 saturated heterocycles. The Morgan fingerprint density at radius 3 is 2.52 bits per heavy atom. The molecule has 23 heavy (non-hydrogen) atoms. The minimum atomic E-state index is -3.61. The zero-order chi connectivity index (χ0) is 16.9. The van der Waals surface area contributed by atoms with E-state index in [0.717, 1.165) is 0 Å². The lowest BCUT2D eigenvalue weighted by Crippen LogP contribution is -2.31. The highest BCUT2D eigenvalue weighted by molar-refractivity contribution is 7.89. The monoisotopic (exact) mass is 350 g/mol. The van der Waals surface area contributed by atoms with Gasteiger partial charge in [0.15, 0.2) is 0 Å². The number of nitrogens with zero attached hydrogens (tertiary/aromatic N) is 2. The minimum Gasteiger partial charge on any atom is -0.492 e. The van der Waals surface area contributed by atoms with Crippen LogP contribution in [0, 0.1) is 11.3 Å². The van der Waals surface area contributed by atoms with E-state index in [0.29, 0.717) is 16.3 Å². The van der Waals surface area contributed by atoms with Crippen LogP contribution in [-0.4, -0.2) is 32.9 Å². The summed E-state index contributed by atoms with van der Waals surface area (Å²) in [7, 11) is -2.13. The molecular weight excluding hydrogens is 336 g/mol. The highest BCUT2D eigenvalue weighted by Gasteiger charge is 2.20. The number of likely N-dealkylation sites (N-methyl/N-ethyl adjacent to an activating group) is 1. The first-order valence-corrected chi connectivity index (χ1v) is 8.60. The fraction of sp³-hybridized carbons (Fsp3) is 0.188. The van der Waals surface area contributed by atoms with Gasteiger partial charge in [0.2, 0.25) is 10.0 Å². The van der Waals surface area contributed by atoms with Crippen molar-refractivity contribution >= 4 is 21.6 Å². The smallest absolute Gasteiger partial charge is 0.242 e. The molecule has 120 valence electrons. The number of rotatable bonds is 6. The maximum absolute atomic E-state index is 12.4. The van der Waals surface area contributed by atoms with Crippen LogP contribution in [0.1, 0.15) is 5.56 Å². The molecule has 5 nitrogen and oxygen atoms in total. The van der Waals surface area contributed by atoms with Gasteiger partial charge in [-0.05, 0) is 42.5 Å². The summed E-state index contributed by atoms with van der Waals surface area (Å²) in [6, 6.07) is 14.6. The van der Waals surface area contributed by atoms with Crippen molar-refractivity contribution in [1.82, 2.24) is 4.31 Å². The number of sulfonamides is 1. The van der Waals surface area contributed by atoms with Crippen LogP contribution in [0.4, 0.5) is 0 Å². The zero-order valence-corrected chi connectivity index (χ0v) is 14.0. The highest BCUT2D eigenvalue weighted by Crippen LogP contribution is 2.18. The molecule has 2 aromatic rings. The Balaban J connectivity index is 1.98. The van der Waals surface area contributed by atoms with Gasteiger partial charge in [0.25, 0.3) is 0 Å². The molecule has 0 spiro atoms. The van der Waals surface area contributed by atoms with Crippen LogP contribution in [0.3, 0.4) is 0 Å². The summed E-state index contributed by atoms with van der Waals surface area (Å²) in [5.74, 6) is 0.585. The number of nitriles is 1. The van der Waals surface area contributed by atoms with Crippen LogP contribution in [-0.2, 0) is 10.0 Å². The minimum absolute atomic E-state index is 0.141. The Kier molecular flexibility index (Phi) is 5.61. The molecule has 0 N–H and O–H groups in total. The summed E-state index contributed by atoms with van der Waals surface area (Å²) in [5.41, 5.74) is 0.413. The summed E-state index contributed by atoms with van der Waals surface area (Å²) in [6.07, 6.45) is 0. The first-order valence-electron chi connectivity index (χ1n) is 6.78. The van der Waals surface area contributed by atoms with Crippen LogP contribution in [0.2, 0.25) is 5.02 Å². The third-order valence-corrected chi connectivity index (χ3v) is 5.27. The Bertz CT molecular complexity index is 814. The van der Waals surface area contributed by atoms with E-state index in [2.05, 4.69) is 0 Å². The Morgan fingerprint density at radius 2 is 1.91 bits per heavy atom. The van der Waals surface area contributed by atoms with Gasteiger partial charge >= 0.3 is 0 Å². The normalized spacial score (nSPS) is 11.2. The molecule has 0 heterocycles. The van der Waals surface area contributed by atoms with Crippen molar-refractivity contribution in [2.45, 2.75) is 4.90 Å².